The maximum Gasteiger partial charge on any atom is 0.473 e. The fourth-order valence-corrected chi connectivity index (χ4v) is 6.62. The van der Waals surface area contributed by atoms with Crippen LogP contribution in [0.25, 0.3) is 0 Å². The third-order valence-corrected chi connectivity index (χ3v) is 7.98. The number of fused-ring (bicyclic) bond motifs is 2. The summed E-state index contributed by atoms with van der Waals surface area (Å²) in [6.07, 6.45) is -1.05. The van der Waals surface area contributed by atoms with Crippen molar-refractivity contribution in [2.75, 3.05) is 19.8 Å². The topological polar surface area (TPSA) is 138 Å². The summed E-state index contributed by atoms with van der Waals surface area (Å²) in [6, 6.07) is -1.27. The Morgan fingerprint density at radius 3 is 2.63 bits per heavy atom. The van der Waals surface area contributed by atoms with Crippen molar-refractivity contribution >= 4 is 25.5 Å². The molecule has 10 nitrogen and oxygen atoms in total. The molecule has 3 rings (SSSR count). The SMILES string of the molecule is CCC[C@@H]1C[C@@H](C(=O)N[C@@H](C2O[C@H](SC)C3OP(=O)(O)O[C@@H]2[C@H]3O)[C@@H](C)O)N(C)C1. The Morgan fingerprint density at radius 1 is 1.37 bits per heavy atom. The molecular formula is C18H33N2O8PS. The van der Waals surface area contributed by atoms with Crippen molar-refractivity contribution in [3.8, 4) is 0 Å². The molecule has 3 saturated heterocycles. The van der Waals surface area contributed by atoms with Crippen LogP contribution in [-0.2, 0) is 23.1 Å². The number of amides is 1. The van der Waals surface area contributed by atoms with Crippen LogP contribution in [0.3, 0.4) is 0 Å². The van der Waals surface area contributed by atoms with E-state index in [1.54, 1.807) is 6.26 Å². The molecule has 0 aromatic heterocycles. The predicted octanol–water partition coefficient (Wildman–Crippen LogP) is 0.306. The van der Waals surface area contributed by atoms with Crippen molar-refractivity contribution in [1.29, 1.82) is 0 Å². The number of likely N-dealkylation sites (tertiary alicyclic amines) is 1. The highest BCUT2D eigenvalue weighted by Crippen LogP contribution is 2.55. The molecule has 0 aliphatic carbocycles. The first kappa shape index (κ1) is 24.4. The minimum atomic E-state index is -4.40. The summed E-state index contributed by atoms with van der Waals surface area (Å²) >= 11 is 1.20. The number of phosphoric ester groups is 1. The first-order chi connectivity index (χ1) is 14.1. The molecule has 4 N–H and O–H groups in total. The van der Waals surface area contributed by atoms with Gasteiger partial charge in [-0.05, 0) is 39.0 Å². The standard InChI is InChI=1S/C18H33N2O8PS/c1-5-6-10-7-11(20(3)8-10)17(23)19-12(9(2)21)14-15-13(22)16(18(26-14)30-4)28-29(24,25)27-15/h9-16,18,21-22H,5-8H2,1-4H3,(H,19,23)(H,24,25)/t9-,10-,11+,12-,13-,14?,15-,16?,18-/m1/s1. The summed E-state index contributed by atoms with van der Waals surface area (Å²) in [5, 5.41) is 23.9. The van der Waals surface area contributed by atoms with E-state index in [1.807, 2.05) is 11.9 Å². The summed E-state index contributed by atoms with van der Waals surface area (Å²) in [7, 11) is -2.50. The van der Waals surface area contributed by atoms with Gasteiger partial charge in [-0.2, -0.15) is 0 Å². The summed E-state index contributed by atoms with van der Waals surface area (Å²) < 4.78 is 28.2. The Balaban J connectivity index is 1.78. The molecule has 30 heavy (non-hydrogen) atoms. The van der Waals surface area contributed by atoms with Gasteiger partial charge in [0.1, 0.15) is 29.9 Å². The third kappa shape index (κ3) is 5.05. The number of aliphatic hydroxyl groups excluding tert-OH is 2. The predicted molar refractivity (Wildman–Crippen MR) is 111 cm³/mol. The number of ether oxygens (including phenoxy) is 1. The maximum atomic E-state index is 13.0. The van der Waals surface area contributed by atoms with Gasteiger partial charge in [0.05, 0.1) is 18.2 Å². The maximum absolute atomic E-state index is 13.0. The molecule has 3 aliphatic rings. The van der Waals surface area contributed by atoms with E-state index in [4.69, 9.17) is 13.8 Å². The van der Waals surface area contributed by atoms with Gasteiger partial charge in [-0.1, -0.05) is 13.3 Å². The molecular weight excluding hydrogens is 435 g/mol. The van der Waals surface area contributed by atoms with Crippen LogP contribution in [0.15, 0.2) is 0 Å². The van der Waals surface area contributed by atoms with E-state index >= 15 is 0 Å². The van der Waals surface area contributed by atoms with Crippen LogP contribution in [0.5, 0.6) is 0 Å². The molecule has 174 valence electrons. The Bertz CT molecular complexity index is 668. The number of hydrogen-bond acceptors (Lipinski definition) is 9. The average molecular weight is 469 g/mol. The van der Waals surface area contributed by atoms with E-state index in [0.29, 0.717) is 5.92 Å². The number of likely N-dealkylation sites (N-methyl/N-ethyl adjacent to an activating group) is 1. The lowest BCUT2D eigenvalue weighted by Crippen LogP contribution is -2.67. The monoisotopic (exact) mass is 468 g/mol. The van der Waals surface area contributed by atoms with Crippen molar-refractivity contribution in [2.24, 2.45) is 5.92 Å². The van der Waals surface area contributed by atoms with Gasteiger partial charge in [-0.3, -0.25) is 18.7 Å². The van der Waals surface area contributed by atoms with Crippen molar-refractivity contribution in [3.63, 3.8) is 0 Å². The number of rotatable bonds is 7. The largest absolute Gasteiger partial charge is 0.473 e. The second-order valence-corrected chi connectivity index (χ2v) is 10.7. The molecule has 10 atom stereocenters. The zero-order valence-corrected chi connectivity index (χ0v) is 19.4. The van der Waals surface area contributed by atoms with Crippen LogP contribution in [-0.4, -0.2) is 93.8 Å². The number of nitrogens with zero attached hydrogens (tertiary/aromatic N) is 1. The van der Waals surface area contributed by atoms with Gasteiger partial charge in [0.15, 0.2) is 0 Å². The Kier molecular flexibility index (Phi) is 7.91. The van der Waals surface area contributed by atoms with Gasteiger partial charge in [-0.15, -0.1) is 11.8 Å². The van der Waals surface area contributed by atoms with Crippen LogP contribution < -0.4 is 5.32 Å². The third-order valence-electron chi connectivity index (χ3n) is 6.12. The Hall–Kier alpha value is -0.230. The highest BCUT2D eigenvalue weighted by atomic mass is 32.2. The normalized spacial score (nSPS) is 43.9. The molecule has 0 saturated carbocycles. The van der Waals surface area contributed by atoms with Gasteiger partial charge in [0, 0.05) is 6.54 Å². The van der Waals surface area contributed by atoms with Crippen LogP contribution in [0.1, 0.15) is 33.1 Å². The van der Waals surface area contributed by atoms with Gasteiger partial charge >= 0.3 is 7.82 Å². The van der Waals surface area contributed by atoms with E-state index in [2.05, 4.69) is 12.2 Å². The zero-order chi connectivity index (χ0) is 22.2. The van der Waals surface area contributed by atoms with Crippen molar-refractivity contribution in [3.05, 3.63) is 0 Å². The lowest BCUT2D eigenvalue weighted by Gasteiger charge is -2.50. The zero-order valence-electron chi connectivity index (χ0n) is 17.7. The molecule has 0 aromatic carbocycles. The second-order valence-electron chi connectivity index (χ2n) is 8.42. The smallest absolute Gasteiger partial charge is 0.391 e. The molecule has 0 radical (unpaired) electrons. The van der Waals surface area contributed by atoms with Gasteiger partial charge < -0.3 is 25.2 Å². The summed E-state index contributed by atoms with van der Waals surface area (Å²) in [5.74, 6) is 0.191. The number of carbonyl (C=O) groups excluding carboxylic acids is 1. The van der Waals surface area contributed by atoms with Crippen LogP contribution in [0.4, 0.5) is 0 Å². The Labute approximate surface area is 181 Å². The minimum absolute atomic E-state index is 0.248. The molecule has 3 unspecified atom stereocenters. The number of hydrogen-bond donors (Lipinski definition) is 4. The number of carbonyl (C=O) groups is 1. The fraction of sp³-hybridized carbons (Fsp3) is 0.944. The van der Waals surface area contributed by atoms with E-state index in [1.165, 1.54) is 18.7 Å². The van der Waals surface area contributed by atoms with Gasteiger partial charge in [0.25, 0.3) is 0 Å². The highest BCUT2D eigenvalue weighted by Gasteiger charge is 2.58. The quantitative estimate of drug-likeness (QED) is 0.386. The number of nitrogens with one attached hydrogen (secondary N) is 1. The van der Waals surface area contributed by atoms with Crippen molar-refractivity contribution < 1.29 is 38.3 Å². The summed E-state index contributed by atoms with van der Waals surface area (Å²) in [4.78, 5) is 24.9. The Morgan fingerprint density at radius 2 is 2.03 bits per heavy atom. The van der Waals surface area contributed by atoms with Crippen LogP contribution in [0, 0.1) is 5.92 Å². The minimum Gasteiger partial charge on any atom is -0.391 e. The lowest BCUT2D eigenvalue weighted by atomic mass is 9.91. The summed E-state index contributed by atoms with van der Waals surface area (Å²) in [5.41, 5.74) is -0.758. The lowest BCUT2D eigenvalue weighted by molar-refractivity contribution is -0.228. The molecule has 0 aromatic rings. The molecule has 3 heterocycles. The average Bonchev–Trinajstić information content (AvgIpc) is 3.02. The van der Waals surface area contributed by atoms with E-state index < -0.39 is 49.8 Å². The molecule has 2 bridgehead atoms. The molecule has 3 fully saturated rings. The first-order valence-corrected chi connectivity index (χ1v) is 13.1. The van der Waals surface area contributed by atoms with Crippen LogP contribution >= 0.6 is 19.6 Å². The summed E-state index contributed by atoms with van der Waals surface area (Å²) in [6.45, 7) is 4.44. The van der Waals surface area contributed by atoms with Gasteiger partial charge in [0.2, 0.25) is 5.91 Å². The molecule has 1 amide bonds. The van der Waals surface area contributed by atoms with Crippen LogP contribution in [0.2, 0.25) is 0 Å². The molecule has 12 heteroatoms. The molecule has 3 aliphatic heterocycles. The van der Waals surface area contributed by atoms with Gasteiger partial charge in [-0.25, -0.2) is 4.57 Å². The second kappa shape index (κ2) is 9.72. The molecule has 0 spiro atoms. The highest BCUT2D eigenvalue weighted by molar-refractivity contribution is 7.99. The number of thioether (sulfide) groups is 1. The number of aliphatic hydroxyl groups is 2. The van der Waals surface area contributed by atoms with E-state index in [9.17, 15) is 24.5 Å². The number of phosphoric acid groups is 1. The first-order valence-electron chi connectivity index (χ1n) is 10.3. The van der Waals surface area contributed by atoms with Crippen molar-refractivity contribution in [2.45, 2.75) is 81.1 Å². The van der Waals surface area contributed by atoms with Crippen molar-refractivity contribution in [1.82, 2.24) is 10.2 Å². The van der Waals surface area contributed by atoms with E-state index in [-0.39, 0.29) is 11.9 Å². The van der Waals surface area contributed by atoms with E-state index in [0.717, 1.165) is 25.8 Å². The fourth-order valence-electron chi connectivity index (χ4n) is 4.66.